The van der Waals surface area contributed by atoms with Crippen LogP contribution in [0.15, 0.2) is 16.5 Å². The molecule has 1 aromatic rings. The molecule has 0 aliphatic rings. The van der Waals surface area contributed by atoms with Crippen LogP contribution in [0.2, 0.25) is 0 Å². The minimum absolute atomic E-state index is 0.193. The molecule has 1 atom stereocenters. The number of hydrogen-bond donors (Lipinski definition) is 2. The van der Waals surface area contributed by atoms with E-state index in [0.29, 0.717) is 6.54 Å². The molecule has 23 heavy (non-hydrogen) atoms. The van der Waals surface area contributed by atoms with Crippen LogP contribution in [0.4, 0.5) is 13.2 Å². The predicted molar refractivity (Wildman–Crippen MR) is 78.8 cm³/mol. The van der Waals surface area contributed by atoms with Gasteiger partial charge in [-0.1, -0.05) is 0 Å². The number of rotatable bonds is 7. The van der Waals surface area contributed by atoms with Crippen LogP contribution >= 0.6 is 0 Å². The van der Waals surface area contributed by atoms with E-state index in [1.54, 1.807) is 0 Å². The van der Waals surface area contributed by atoms with E-state index in [4.69, 9.17) is 4.42 Å². The zero-order valence-corrected chi connectivity index (χ0v) is 13.7. The molecule has 0 aliphatic carbocycles. The monoisotopic (exact) mass is 336 g/mol. The molecule has 1 heterocycles. The van der Waals surface area contributed by atoms with Crippen LogP contribution in [0.1, 0.15) is 31.8 Å². The summed E-state index contributed by atoms with van der Waals surface area (Å²) in [5.41, 5.74) is -3.34. The summed E-state index contributed by atoms with van der Waals surface area (Å²) in [5, 5.41) is 12.4. The second-order valence-corrected chi connectivity index (χ2v) is 5.87. The van der Waals surface area contributed by atoms with Crippen molar-refractivity contribution in [1.82, 2.24) is 10.2 Å². The molecule has 8 heteroatoms. The number of aryl methyl sites for hydroxylation is 1. The summed E-state index contributed by atoms with van der Waals surface area (Å²) >= 11 is 0. The molecule has 1 amide bonds. The van der Waals surface area contributed by atoms with Crippen molar-refractivity contribution in [1.29, 1.82) is 0 Å². The third-order valence-electron chi connectivity index (χ3n) is 3.70. The minimum atomic E-state index is -5.02. The molecule has 2 N–H and O–H groups in total. The van der Waals surface area contributed by atoms with Crippen molar-refractivity contribution in [2.45, 2.75) is 45.0 Å². The summed E-state index contributed by atoms with van der Waals surface area (Å²) in [6.45, 7) is 6.07. The van der Waals surface area contributed by atoms with Crippen molar-refractivity contribution in [3.63, 3.8) is 0 Å². The number of aliphatic hydroxyl groups is 1. The molecule has 1 rings (SSSR count). The van der Waals surface area contributed by atoms with Crippen LogP contribution in [-0.4, -0.2) is 48.3 Å². The summed E-state index contributed by atoms with van der Waals surface area (Å²) < 4.78 is 44.5. The predicted octanol–water partition coefficient (Wildman–Crippen LogP) is 2.18. The average molecular weight is 336 g/mol. The van der Waals surface area contributed by atoms with Gasteiger partial charge in [-0.05, 0) is 40.0 Å². The van der Waals surface area contributed by atoms with Crippen LogP contribution in [0.25, 0.3) is 0 Å². The van der Waals surface area contributed by atoms with E-state index >= 15 is 0 Å². The van der Waals surface area contributed by atoms with Crippen LogP contribution in [0.5, 0.6) is 0 Å². The van der Waals surface area contributed by atoms with E-state index in [-0.39, 0.29) is 18.3 Å². The standard InChI is InChI=1S/C15H23F3N2O3/c1-10(2)20(4)8-7-19-13(21)9-14(22,15(16,17)18)12-6-5-11(3)23-12/h5-6,10,22H,7-9H2,1-4H3,(H,19,21). The number of carbonyl (C=O) groups is 1. The second-order valence-electron chi connectivity index (χ2n) is 5.87. The number of likely N-dealkylation sites (N-methyl/N-ethyl adjacent to an activating group) is 1. The van der Waals surface area contributed by atoms with Crippen molar-refractivity contribution in [2.24, 2.45) is 0 Å². The molecule has 132 valence electrons. The Bertz CT molecular complexity index is 528. The summed E-state index contributed by atoms with van der Waals surface area (Å²) in [4.78, 5) is 13.7. The summed E-state index contributed by atoms with van der Waals surface area (Å²) in [5.74, 6) is -1.35. The lowest BCUT2D eigenvalue weighted by molar-refractivity contribution is -0.273. The van der Waals surface area contributed by atoms with Gasteiger partial charge in [0, 0.05) is 19.1 Å². The van der Waals surface area contributed by atoms with E-state index in [0.717, 1.165) is 6.07 Å². The Morgan fingerprint density at radius 3 is 2.43 bits per heavy atom. The van der Waals surface area contributed by atoms with E-state index in [2.05, 4.69) is 5.32 Å². The SMILES string of the molecule is Cc1ccc(C(O)(CC(=O)NCCN(C)C(C)C)C(F)(F)F)o1. The first-order valence-corrected chi connectivity index (χ1v) is 7.30. The maximum absolute atomic E-state index is 13.2. The molecule has 0 aromatic carbocycles. The number of amides is 1. The number of nitrogens with zero attached hydrogens (tertiary/aromatic N) is 1. The Hall–Kier alpha value is -1.54. The van der Waals surface area contributed by atoms with Crippen LogP contribution in [-0.2, 0) is 10.4 Å². The van der Waals surface area contributed by atoms with E-state index < -0.39 is 29.9 Å². The van der Waals surface area contributed by atoms with Gasteiger partial charge in [0.05, 0.1) is 6.42 Å². The fraction of sp³-hybridized carbons (Fsp3) is 0.667. The van der Waals surface area contributed by atoms with Gasteiger partial charge < -0.3 is 19.7 Å². The fourth-order valence-corrected chi connectivity index (χ4v) is 1.91. The molecule has 1 unspecified atom stereocenters. The van der Waals surface area contributed by atoms with Gasteiger partial charge in [0.1, 0.15) is 11.5 Å². The number of nitrogens with one attached hydrogen (secondary N) is 1. The summed E-state index contributed by atoms with van der Waals surface area (Å²) in [7, 11) is 1.84. The van der Waals surface area contributed by atoms with Crippen LogP contribution < -0.4 is 5.32 Å². The van der Waals surface area contributed by atoms with Gasteiger partial charge in [-0.25, -0.2) is 0 Å². The number of hydrogen-bond acceptors (Lipinski definition) is 4. The lowest BCUT2D eigenvalue weighted by atomic mass is 9.95. The Balaban J connectivity index is 2.74. The number of halogens is 3. The summed E-state index contributed by atoms with van der Waals surface area (Å²) in [6.07, 6.45) is -6.17. The van der Waals surface area contributed by atoms with Crippen molar-refractivity contribution >= 4 is 5.91 Å². The zero-order valence-electron chi connectivity index (χ0n) is 13.7. The number of furan rings is 1. The molecule has 0 radical (unpaired) electrons. The molecule has 0 fully saturated rings. The Kier molecular flexibility index (Phi) is 6.24. The highest BCUT2D eigenvalue weighted by Crippen LogP contribution is 2.42. The largest absolute Gasteiger partial charge is 0.463 e. The topological polar surface area (TPSA) is 65.7 Å². The maximum Gasteiger partial charge on any atom is 0.425 e. The average Bonchev–Trinajstić information content (AvgIpc) is 2.84. The van der Waals surface area contributed by atoms with E-state index in [1.165, 1.54) is 13.0 Å². The Labute approximate surface area is 133 Å². The molecular formula is C15H23F3N2O3. The Morgan fingerprint density at radius 2 is 2.00 bits per heavy atom. The normalized spacial score (nSPS) is 15.0. The fourth-order valence-electron chi connectivity index (χ4n) is 1.91. The molecule has 0 bridgehead atoms. The molecule has 0 aliphatic heterocycles. The first kappa shape index (κ1) is 19.5. The Morgan fingerprint density at radius 1 is 1.39 bits per heavy atom. The van der Waals surface area contributed by atoms with Crippen molar-refractivity contribution in [3.8, 4) is 0 Å². The van der Waals surface area contributed by atoms with Crippen molar-refractivity contribution in [3.05, 3.63) is 23.7 Å². The highest BCUT2D eigenvalue weighted by Gasteiger charge is 2.58. The van der Waals surface area contributed by atoms with Gasteiger partial charge in [0.15, 0.2) is 0 Å². The van der Waals surface area contributed by atoms with E-state index in [1.807, 2.05) is 25.8 Å². The highest BCUT2D eigenvalue weighted by molar-refractivity contribution is 5.77. The van der Waals surface area contributed by atoms with Crippen molar-refractivity contribution in [2.75, 3.05) is 20.1 Å². The zero-order chi connectivity index (χ0) is 17.8. The molecule has 0 spiro atoms. The number of carbonyl (C=O) groups excluding carboxylic acids is 1. The molecule has 0 saturated carbocycles. The first-order chi connectivity index (χ1) is 10.5. The number of alkyl halides is 3. The van der Waals surface area contributed by atoms with Gasteiger partial charge >= 0.3 is 6.18 Å². The van der Waals surface area contributed by atoms with Gasteiger partial charge in [-0.2, -0.15) is 13.2 Å². The molecule has 5 nitrogen and oxygen atoms in total. The van der Waals surface area contributed by atoms with Gasteiger partial charge in [-0.15, -0.1) is 0 Å². The smallest absolute Gasteiger partial charge is 0.425 e. The lowest BCUT2D eigenvalue weighted by Crippen LogP contribution is -2.46. The third kappa shape index (κ3) is 4.97. The first-order valence-electron chi connectivity index (χ1n) is 7.30. The van der Waals surface area contributed by atoms with Crippen molar-refractivity contribution < 1.29 is 27.5 Å². The molecule has 0 saturated heterocycles. The third-order valence-corrected chi connectivity index (χ3v) is 3.70. The van der Waals surface area contributed by atoms with E-state index in [9.17, 15) is 23.1 Å². The molecular weight excluding hydrogens is 313 g/mol. The second kappa shape index (κ2) is 7.35. The molecule has 1 aromatic heterocycles. The van der Waals surface area contributed by atoms with Crippen LogP contribution in [0.3, 0.4) is 0 Å². The van der Waals surface area contributed by atoms with Gasteiger partial charge in [0.25, 0.3) is 0 Å². The van der Waals surface area contributed by atoms with Gasteiger partial charge in [0.2, 0.25) is 11.5 Å². The maximum atomic E-state index is 13.2. The summed E-state index contributed by atoms with van der Waals surface area (Å²) in [6, 6.07) is 2.59. The van der Waals surface area contributed by atoms with Crippen LogP contribution in [0, 0.1) is 6.92 Å². The minimum Gasteiger partial charge on any atom is -0.463 e. The quantitative estimate of drug-likeness (QED) is 0.801. The lowest BCUT2D eigenvalue weighted by Gasteiger charge is -2.28. The van der Waals surface area contributed by atoms with Gasteiger partial charge in [-0.3, -0.25) is 4.79 Å². The highest BCUT2D eigenvalue weighted by atomic mass is 19.4.